The number of nitrogen functional groups attached to an aromatic ring is 1. The molecule has 2 heterocycles. The highest BCUT2D eigenvalue weighted by Crippen LogP contribution is 2.24. The zero-order valence-corrected chi connectivity index (χ0v) is 11.0. The number of anilines is 2. The lowest BCUT2D eigenvalue weighted by atomic mass is 10.1. The molecule has 0 saturated carbocycles. The van der Waals surface area contributed by atoms with Crippen LogP contribution in [0.1, 0.15) is 10.4 Å². The normalized spacial score (nSPS) is 21.6. The van der Waals surface area contributed by atoms with Gasteiger partial charge in [0.25, 0.3) is 5.91 Å². The fourth-order valence-electron chi connectivity index (χ4n) is 2.79. The quantitative estimate of drug-likeness (QED) is 0.638. The molecule has 20 heavy (non-hydrogen) atoms. The van der Waals surface area contributed by atoms with E-state index in [0.29, 0.717) is 24.3 Å². The van der Waals surface area contributed by atoms with Gasteiger partial charge in [0, 0.05) is 37.6 Å². The second kappa shape index (κ2) is 4.59. The average Bonchev–Trinajstić information content (AvgIpc) is 2.80. The molecule has 5 N–H and O–H groups in total. The molecule has 1 aromatic rings. The highest BCUT2D eigenvalue weighted by atomic mass is 16.2. The van der Waals surface area contributed by atoms with Gasteiger partial charge in [-0.05, 0) is 18.2 Å². The van der Waals surface area contributed by atoms with Gasteiger partial charge in [0.05, 0.1) is 11.6 Å². The molecular weight excluding hydrogens is 258 g/mol. The predicted molar refractivity (Wildman–Crippen MR) is 75.5 cm³/mol. The van der Waals surface area contributed by atoms with Gasteiger partial charge in [-0.3, -0.25) is 4.79 Å². The number of carbonyl (C=O) groups is 2. The van der Waals surface area contributed by atoms with Crippen molar-refractivity contribution in [2.24, 2.45) is 5.73 Å². The summed E-state index contributed by atoms with van der Waals surface area (Å²) < 4.78 is 0. The number of hydrogen-bond donors (Lipinski definition) is 3. The molecule has 3 rings (SSSR count). The van der Waals surface area contributed by atoms with E-state index < -0.39 is 5.91 Å². The van der Waals surface area contributed by atoms with Crippen molar-refractivity contribution < 1.29 is 9.59 Å². The van der Waals surface area contributed by atoms with E-state index >= 15 is 0 Å². The Labute approximate surface area is 116 Å². The van der Waals surface area contributed by atoms with E-state index in [2.05, 4.69) is 10.2 Å². The molecule has 2 fully saturated rings. The first kappa shape index (κ1) is 12.6. The average molecular weight is 275 g/mol. The molecule has 7 heteroatoms. The fraction of sp³-hybridized carbons (Fsp3) is 0.385. The molecule has 0 aliphatic carbocycles. The molecule has 1 atom stereocenters. The van der Waals surface area contributed by atoms with Crippen LogP contribution in [-0.4, -0.2) is 49.1 Å². The van der Waals surface area contributed by atoms with Gasteiger partial charge in [0.1, 0.15) is 0 Å². The van der Waals surface area contributed by atoms with Crippen LogP contribution in [0, 0.1) is 0 Å². The zero-order valence-electron chi connectivity index (χ0n) is 11.0. The van der Waals surface area contributed by atoms with Crippen molar-refractivity contribution in [1.82, 2.24) is 10.2 Å². The lowest BCUT2D eigenvalue weighted by Crippen LogP contribution is -2.52. The van der Waals surface area contributed by atoms with Gasteiger partial charge < -0.3 is 26.6 Å². The molecule has 0 radical (unpaired) electrons. The third-order valence-electron chi connectivity index (χ3n) is 3.90. The first-order chi connectivity index (χ1) is 9.56. The largest absolute Gasteiger partial charge is 0.398 e. The van der Waals surface area contributed by atoms with Crippen LogP contribution < -0.4 is 21.7 Å². The van der Waals surface area contributed by atoms with Gasteiger partial charge in [-0.15, -0.1) is 0 Å². The highest BCUT2D eigenvalue weighted by Gasteiger charge is 2.35. The van der Waals surface area contributed by atoms with Crippen LogP contribution in [0.2, 0.25) is 0 Å². The van der Waals surface area contributed by atoms with Gasteiger partial charge in [0.2, 0.25) is 0 Å². The highest BCUT2D eigenvalue weighted by molar-refractivity contribution is 5.99. The standard InChI is InChI=1S/C13H17N5O2/c14-11-2-1-8(5-10(11)12(15)19)17-3-4-18-9(7-17)6-16-13(18)20/h1-2,5,9H,3-4,6-7,14H2,(H2,15,19)(H,16,20). The number of nitrogens with zero attached hydrogens (tertiary/aromatic N) is 2. The van der Waals surface area contributed by atoms with Crippen LogP contribution in [0.3, 0.4) is 0 Å². The van der Waals surface area contributed by atoms with E-state index in [0.717, 1.165) is 18.8 Å². The minimum atomic E-state index is -0.527. The summed E-state index contributed by atoms with van der Waals surface area (Å²) in [5.74, 6) is -0.527. The summed E-state index contributed by atoms with van der Waals surface area (Å²) in [6.45, 7) is 2.80. The summed E-state index contributed by atoms with van der Waals surface area (Å²) in [7, 11) is 0. The van der Waals surface area contributed by atoms with Crippen molar-refractivity contribution in [1.29, 1.82) is 0 Å². The van der Waals surface area contributed by atoms with Crippen LogP contribution in [0.25, 0.3) is 0 Å². The molecule has 7 nitrogen and oxygen atoms in total. The lowest BCUT2D eigenvalue weighted by molar-refractivity contribution is 0.100. The van der Waals surface area contributed by atoms with Gasteiger partial charge in [-0.2, -0.15) is 0 Å². The van der Waals surface area contributed by atoms with Gasteiger partial charge in [0.15, 0.2) is 0 Å². The number of nitrogens with two attached hydrogens (primary N) is 2. The van der Waals surface area contributed by atoms with Crippen LogP contribution in [0.5, 0.6) is 0 Å². The number of benzene rings is 1. The maximum atomic E-state index is 11.6. The van der Waals surface area contributed by atoms with Crippen molar-refractivity contribution in [3.05, 3.63) is 23.8 Å². The van der Waals surface area contributed by atoms with Crippen molar-refractivity contribution in [2.75, 3.05) is 36.8 Å². The summed E-state index contributed by atoms with van der Waals surface area (Å²) >= 11 is 0. The number of hydrogen-bond acceptors (Lipinski definition) is 4. The first-order valence-corrected chi connectivity index (χ1v) is 6.55. The Balaban J connectivity index is 1.82. The Hall–Kier alpha value is -2.44. The zero-order chi connectivity index (χ0) is 14.3. The minimum Gasteiger partial charge on any atom is -0.398 e. The van der Waals surface area contributed by atoms with Crippen molar-refractivity contribution in [2.45, 2.75) is 6.04 Å². The number of amides is 3. The first-order valence-electron chi connectivity index (χ1n) is 6.55. The topological polar surface area (TPSA) is 105 Å². The van der Waals surface area contributed by atoms with Crippen LogP contribution in [0.15, 0.2) is 18.2 Å². The molecule has 106 valence electrons. The Kier molecular flexibility index (Phi) is 2.89. The molecular formula is C13H17N5O2. The van der Waals surface area contributed by atoms with Crippen LogP contribution in [-0.2, 0) is 0 Å². The molecule has 2 aliphatic rings. The number of carbonyl (C=O) groups excluding carboxylic acids is 2. The van der Waals surface area contributed by atoms with E-state index in [4.69, 9.17) is 11.5 Å². The summed E-state index contributed by atoms with van der Waals surface area (Å²) in [5, 5.41) is 2.84. The van der Waals surface area contributed by atoms with Crippen molar-refractivity contribution >= 4 is 23.3 Å². The van der Waals surface area contributed by atoms with E-state index in [-0.39, 0.29) is 12.1 Å². The summed E-state index contributed by atoms with van der Waals surface area (Å²) in [5.41, 5.74) is 12.7. The second-order valence-electron chi connectivity index (χ2n) is 5.12. The summed E-state index contributed by atoms with van der Waals surface area (Å²) in [6, 6.07) is 5.47. The maximum Gasteiger partial charge on any atom is 0.317 e. The van der Waals surface area contributed by atoms with Crippen LogP contribution in [0.4, 0.5) is 16.2 Å². The molecule has 0 aromatic heterocycles. The second-order valence-corrected chi connectivity index (χ2v) is 5.12. The monoisotopic (exact) mass is 275 g/mol. The molecule has 0 bridgehead atoms. The smallest absolute Gasteiger partial charge is 0.317 e. The van der Waals surface area contributed by atoms with Gasteiger partial charge >= 0.3 is 6.03 Å². The Morgan fingerprint density at radius 1 is 1.35 bits per heavy atom. The molecule has 3 amide bonds. The van der Waals surface area contributed by atoms with E-state index in [1.54, 1.807) is 12.1 Å². The van der Waals surface area contributed by atoms with Gasteiger partial charge in [-0.1, -0.05) is 0 Å². The summed E-state index contributed by atoms with van der Waals surface area (Å²) in [4.78, 5) is 26.9. The molecule has 1 unspecified atom stereocenters. The fourth-order valence-corrected chi connectivity index (χ4v) is 2.79. The Bertz CT molecular complexity index is 574. The number of primary amides is 1. The lowest BCUT2D eigenvalue weighted by Gasteiger charge is -2.38. The molecule has 2 aliphatic heterocycles. The SMILES string of the molecule is NC(=O)c1cc(N2CCN3C(=O)NCC3C2)ccc1N. The summed E-state index contributed by atoms with van der Waals surface area (Å²) in [6.07, 6.45) is 0. The predicted octanol–water partition coefficient (Wildman–Crippen LogP) is -0.418. The minimum absolute atomic E-state index is 0.00443. The third-order valence-corrected chi connectivity index (χ3v) is 3.90. The van der Waals surface area contributed by atoms with Crippen molar-refractivity contribution in [3.63, 3.8) is 0 Å². The van der Waals surface area contributed by atoms with Crippen molar-refractivity contribution in [3.8, 4) is 0 Å². The maximum absolute atomic E-state index is 11.6. The van der Waals surface area contributed by atoms with Crippen LogP contribution >= 0.6 is 0 Å². The Morgan fingerprint density at radius 3 is 2.90 bits per heavy atom. The van der Waals surface area contributed by atoms with E-state index in [9.17, 15) is 9.59 Å². The van der Waals surface area contributed by atoms with Gasteiger partial charge in [-0.25, -0.2) is 4.79 Å². The molecule has 0 spiro atoms. The molecule has 2 saturated heterocycles. The number of urea groups is 1. The van der Waals surface area contributed by atoms with E-state index in [1.807, 2.05) is 11.0 Å². The number of piperazine rings is 1. The number of nitrogens with one attached hydrogen (secondary N) is 1. The number of rotatable bonds is 2. The number of fused-ring (bicyclic) bond motifs is 1. The third kappa shape index (κ3) is 2.01. The molecule has 1 aromatic carbocycles. The Morgan fingerprint density at radius 2 is 2.15 bits per heavy atom. The van der Waals surface area contributed by atoms with E-state index in [1.165, 1.54) is 0 Å².